The monoisotopic (exact) mass is 366 g/mol. The van der Waals surface area contributed by atoms with Gasteiger partial charge in [0.2, 0.25) is 0 Å². The second-order valence-electron chi connectivity index (χ2n) is 4.74. The molecule has 0 aromatic heterocycles. The molecule has 1 aromatic carbocycles. The molecule has 1 heterocycles. The van der Waals surface area contributed by atoms with Gasteiger partial charge in [0.15, 0.2) is 0 Å². The first-order chi connectivity index (χ1) is 8.49. The van der Waals surface area contributed by atoms with E-state index in [2.05, 4.69) is 35.1 Å². The predicted molar refractivity (Wildman–Crippen MR) is 84.4 cm³/mol. The van der Waals surface area contributed by atoms with Gasteiger partial charge in [0.1, 0.15) is 0 Å². The molecule has 1 N–H and O–H groups in total. The molecular weight excluding hydrogens is 351 g/mol. The zero-order chi connectivity index (χ0) is 13.3. The van der Waals surface area contributed by atoms with E-state index in [1.165, 1.54) is 0 Å². The minimum atomic E-state index is 0. The number of hydrogen-bond donors (Lipinski definition) is 1. The van der Waals surface area contributed by atoms with E-state index in [-0.39, 0.29) is 24.4 Å². The molecule has 0 bridgehead atoms. The molecule has 1 amide bonds. The smallest absolute Gasteiger partial charge is 0.255 e. The van der Waals surface area contributed by atoms with E-state index in [1.807, 2.05) is 11.0 Å². The Kier molecular flexibility index (Phi) is 6.12. The van der Waals surface area contributed by atoms with Crippen LogP contribution in [0.3, 0.4) is 0 Å². The Labute approximate surface area is 133 Å². The van der Waals surface area contributed by atoms with Crippen LogP contribution in [0.15, 0.2) is 22.7 Å². The lowest BCUT2D eigenvalue weighted by molar-refractivity contribution is 0.0615. The first kappa shape index (κ1) is 16.8. The van der Waals surface area contributed by atoms with Crippen LogP contribution in [0, 0.1) is 0 Å². The molecule has 1 aliphatic rings. The molecule has 1 fully saturated rings. The van der Waals surface area contributed by atoms with E-state index < -0.39 is 0 Å². The van der Waals surface area contributed by atoms with Crippen molar-refractivity contribution in [3.05, 3.63) is 33.3 Å². The van der Waals surface area contributed by atoms with Crippen LogP contribution in [0.25, 0.3) is 0 Å². The number of rotatable bonds is 1. The Morgan fingerprint density at radius 1 is 1.47 bits per heavy atom. The molecule has 1 aliphatic heterocycles. The van der Waals surface area contributed by atoms with Crippen LogP contribution in [-0.2, 0) is 0 Å². The molecule has 0 spiro atoms. The largest absolute Gasteiger partial charge is 0.333 e. The normalized spacial score (nSPS) is 22.8. The summed E-state index contributed by atoms with van der Waals surface area (Å²) >= 11 is 9.37. The first-order valence-electron chi connectivity index (χ1n) is 5.98. The Hall–Kier alpha value is -0.290. The minimum Gasteiger partial charge on any atom is -0.333 e. The fourth-order valence-corrected chi connectivity index (χ4v) is 2.71. The van der Waals surface area contributed by atoms with Crippen LogP contribution < -0.4 is 5.32 Å². The molecule has 2 rings (SSSR count). The number of nitrogens with one attached hydrogen (secondary N) is 1. The van der Waals surface area contributed by atoms with Crippen LogP contribution in [0.1, 0.15) is 24.2 Å². The van der Waals surface area contributed by atoms with Crippen LogP contribution in [-0.4, -0.2) is 36.0 Å². The van der Waals surface area contributed by atoms with Crippen molar-refractivity contribution in [3.8, 4) is 0 Å². The Morgan fingerprint density at radius 3 is 2.84 bits per heavy atom. The summed E-state index contributed by atoms with van der Waals surface area (Å²) < 4.78 is 0.787. The number of benzene rings is 1. The summed E-state index contributed by atoms with van der Waals surface area (Å²) in [6, 6.07) is 5.81. The highest BCUT2D eigenvalue weighted by Gasteiger charge is 2.28. The van der Waals surface area contributed by atoms with Crippen molar-refractivity contribution in [2.24, 2.45) is 0 Å². The first-order valence-corrected chi connectivity index (χ1v) is 7.15. The zero-order valence-electron chi connectivity index (χ0n) is 10.8. The predicted octanol–water partition coefficient (Wildman–Crippen LogP) is 3.35. The van der Waals surface area contributed by atoms with E-state index in [0.717, 1.165) is 17.6 Å². The van der Waals surface area contributed by atoms with Crippen molar-refractivity contribution in [2.75, 3.05) is 13.1 Å². The van der Waals surface area contributed by atoms with E-state index in [4.69, 9.17) is 11.6 Å². The van der Waals surface area contributed by atoms with Crippen molar-refractivity contribution < 1.29 is 4.79 Å². The molecule has 0 saturated carbocycles. The third-order valence-electron chi connectivity index (χ3n) is 3.18. The fraction of sp³-hybridized carbons (Fsp3) is 0.462. The van der Waals surface area contributed by atoms with Gasteiger partial charge in [-0.25, -0.2) is 0 Å². The fourth-order valence-electron chi connectivity index (χ4n) is 2.12. The minimum absolute atomic E-state index is 0. The average molecular weight is 368 g/mol. The van der Waals surface area contributed by atoms with Crippen LogP contribution in [0.2, 0.25) is 5.02 Å². The number of hydrogen-bond acceptors (Lipinski definition) is 2. The molecule has 1 saturated heterocycles. The zero-order valence-corrected chi connectivity index (χ0v) is 14.0. The summed E-state index contributed by atoms with van der Waals surface area (Å²) in [5.41, 5.74) is 0.628. The summed E-state index contributed by atoms with van der Waals surface area (Å²) in [7, 11) is 0. The highest BCUT2D eigenvalue weighted by Crippen LogP contribution is 2.24. The summed E-state index contributed by atoms with van der Waals surface area (Å²) in [6.07, 6.45) is 0. The number of carbonyl (C=O) groups excluding carboxylic acids is 1. The summed E-state index contributed by atoms with van der Waals surface area (Å²) in [5, 5.41) is 3.94. The van der Waals surface area contributed by atoms with E-state index in [1.54, 1.807) is 12.1 Å². The lowest BCUT2D eigenvalue weighted by Crippen LogP contribution is -2.56. The van der Waals surface area contributed by atoms with Gasteiger partial charge in [0.05, 0.1) is 5.56 Å². The van der Waals surface area contributed by atoms with Crippen LogP contribution in [0.4, 0.5) is 0 Å². The molecule has 106 valence electrons. The van der Waals surface area contributed by atoms with Crippen LogP contribution >= 0.6 is 39.9 Å². The number of halogens is 3. The summed E-state index contributed by atoms with van der Waals surface area (Å²) in [6.45, 7) is 5.68. The Bertz CT molecular complexity index is 470. The quantitative estimate of drug-likeness (QED) is 0.825. The van der Waals surface area contributed by atoms with Gasteiger partial charge in [-0.2, -0.15) is 0 Å². The lowest BCUT2D eigenvalue weighted by atomic mass is 10.1. The maximum atomic E-state index is 12.5. The van der Waals surface area contributed by atoms with Gasteiger partial charge >= 0.3 is 0 Å². The van der Waals surface area contributed by atoms with Gasteiger partial charge in [-0.05, 0) is 48.0 Å². The Morgan fingerprint density at radius 2 is 2.16 bits per heavy atom. The van der Waals surface area contributed by atoms with Gasteiger partial charge in [-0.15, -0.1) is 12.4 Å². The van der Waals surface area contributed by atoms with Crippen molar-refractivity contribution in [2.45, 2.75) is 25.9 Å². The molecule has 2 unspecified atom stereocenters. The molecule has 6 heteroatoms. The highest BCUT2D eigenvalue weighted by atomic mass is 79.9. The van der Waals surface area contributed by atoms with Gasteiger partial charge in [-0.3, -0.25) is 4.79 Å². The van der Waals surface area contributed by atoms with E-state index in [9.17, 15) is 4.79 Å². The molecule has 0 aliphatic carbocycles. The van der Waals surface area contributed by atoms with Gasteiger partial charge in [0.25, 0.3) is 5.91 Å². The van der Waals surface area contributed by atoms with E-state index >= 15 is 0 Å². The van der Waals surface area contributed by atoms with Gasteiger partial charge in [0, 0.05) is 34.7 Å². The van der Waals surface area contributed by atoms with Crippen molar-refractivity contribution >= 4 is 45.8 Å². The number of carbonyl (C=O) groups is 1. The highest BCUT2D eigenvalue weighted by molar-refractivity contribution is 9.10. The molecule has 19 heavy (non-hydrogen) atoms. The van der Waals surface area contributed by atoms with Crippen molar-refractivity contribution in [1.29, 1.82) is 0 Å². The SMILES string of the molecule is CC1CN(C(=O)c2cc(Cl)ccc2Br)C(C)CN1.Cl. The second-order valence-corrected chi connectivity index (χ2v) is 6.03. The third kappa shape index (κ3) is 3.85. The lowest BCUT2D eigenvalue weighted by Gasteiger charge is -2.37. The van der Waals surface area contributed by atoms with Crippen LogP contribution in [0.5, 0.6) is 0 Å². The van der Waals surface area contributed by atoms with E-state index in [0.29, 0.717) is 16.6 Å². The number of nitrogens with zero attached hydrogens (tertiary/aromatic N) is 1. The molecule has 1 aromatic rings. The van der Waals surface area contributed by atoms with Crippen molar-refractivity contribution in [3.63, 3.8) is 0 Å². The average Bonchev–Trinajstić information content (AvgIpc) is 2.34. The topological polar surface area (TPSA) is 32.3 Å². The second kappa shape index (κ2) is 6.93. The molecule has 0 radical (unpaired) electrons. The molecule has 2 atom stereocenters. The summed E-state index contributed by atoms with van der Waals surface area (Å²) in [5.74, 6) is 0.0326. The standard InChI is InChI=1S/C13H16BrClN2O.ClH/c1-8-7-17(9(2)6-16-8)13(18)11-5-10(15)3-4-12(11)14;/h3-5,8-9,16H,6-7H2,1-2H3;1H. The summed E-state index contributed by atoms with van der Waals surface area (Å²) in [4.78, 5) is 14.4. The molecule has 3 nitrogen and oxygen atoms in total. The maximum Gasteiger partial charge on any atom is 0.255 e. The Balaban J connectivity index is 0.00000180. The van der Waals surface area contributed by atoms with Gasteiger partial charge < -0.3 is 10.2 Å². The van der Waals surface area contributed by atoms with Gasteiger partial charge in [-0.1, -0.05) is 11.6 Å². The molecular formula is C13H17BrCl2N2O. The number of amides is 1. The third-order valence-corrected chi connectivity index (χ3v) is 4.11. The maximum absolute atomic E-state index is 12.5. The number of piperazine rings is 1. The van der Waals surface area contributed by atoms with Crippen molar-refractivity contribution in [1.82, 2.24) is 10.2 Å².